The van der Waals surface area contributed by atoms with Crippen LogP contribution in [-0.2, 0) is 145 Å². The lowest BCUT2D eigenvalue weighted by Crippen LogP contribution is -2.49. The van der Waals surface area contributed by atoms with E-state index < -0.39 is 97.8 Å². The number of halogens is 3. The SMILES string of the molecule is C.COC1(c2cc(S(=O)(=O)NC(=O)Cc3c(-c4cccnc4)cc(F)cc3C(C)C)nn2C2CC2)COC1.COC1(c2cc(S(=O)(=O)NC(=O)Cc3c(C(C)C)cc(C)cc3C(C)C)nn2C2CC2)COC1.COC1(c2cc(S(=O)(=O)NC(=O)Cc3c(C(C)C)cc(F)cc3C(C)C)nn2C2CC2)COC1.[C-]#[N+]c1cc(-c2cc(F)cc(C(C)C)c2CC(=O)NS(=O)(=O)c2cc(C3(OC)COC3)n(C3CC3)n2)ccn1. The molecule has 4 saturated carbocycles. The first kappa shape index (κ1) is 109. The molecule has 8 fully saturated rings. The number of sulfonamides is 4. The predicted octanol–water partition coefficient (Wildman–Crippen LogP) is 15.3. The maximum absolute atomic E-state index is 14.6. The number of rotatable bonds is 36. The predicted molar refractivity (Wildman–Crippen MR) is 531 cm³/mol. The van der Waals surface area contributed by atoms with Crippen LogP contribution in [-0.4, -0.2) is 188 Å². The van der Waals surface area contributed by atoms with Gasteiger partial charge in [0.25, 0.3) is 45.9 Å². The Morgan fingerprint density at radius 3 is 0.897 bits per heavy atom. The van der Waals surface area contributed by atoms with Crippen molar-refractivity contribution in [3.63, 3.8) is 0 Å². The van der Waals surface area contributed by atoms with Gasteiger partial charge in [0, 0.05) is 70.7 Å². The van der Waals surface area contributed by atoms with Gasteiger partial charge in [-0.3, -0.25) is 42.9 Å². The highest BCUT2D eigenvalue weighted by Gasteiger charge is 2.52. The molecule has 780 valence electrons. The van der Waals surface area contributed by atoms with Gasteiger partial charge in [-0.25, -0.2) is 32.1 Å². The summed E-state index contributed by atoms with van der Waals surface area (Å²) in [7, 11) is -10.7. The van der Waals surface area contributed by atoms with E-state index in [-0.39, 0.29) is 138 Å². The van der Waals surface area contributed by atoms with Crippen molar-refractivity contribution < 1.29 is 104 Å². The van der Waals surface area contributed by atoms with Crippen LogP contribution in [0.5, 0.6) is 0 Å². The van der Waals surface area contributed by atoms with Crippen molar-refractivity contribution in [2.24, 2.45) is 0 Å². The maximum Gasteiger partial charge on any atom is 0.283 e. The van der Waals surface area contributed by atoms with E-state index in [0.29, 0.717) is 124 Å². The molecule has 4 aliphatic heterocycles. The number of hydrogen-bond donors (Lipinski definition) is 4. The molecule has 0 spiro atoms. The molecule has 4 N–H and O–H groups in total. The fourth-order valence-electron chi connectivity index (χ4n) is 18.4. The zero-order valence-corrected chi connectivity index (χ0v) is 87.0. The first-order valence-corrected chi connectivity index (χ1v) is 54.1. The Morgan fingerprint density at radius 2 is 0.655 bits per heavy atom. The lowest BCUT2D eigenvalue weighted by molar-refractivity contribution is -0.206. The second-order valence-corrected chi connectivity index (χ2v) is 46.5. The maximum atomic E-state index is 14.6. The first-order chi connectivity index (χ1) is 68.1. The normalized spacial score (nSPS) is 17.1. The molecule has 0 bridgehead atoms. The van der Waals surface area contributed by atoms with Gasteiger partial charge in [-0.2, -0.15) is 54.1 Å². The fourth-order valence-corrected chi connectivity index (χ4v) is 22.2. The molecular formula is C103H128F3N15O20S4. The number of methoxy groups -OCH3 is 4. The molecular weight excluding hydrogens is 1950 g/mol. The van der Waals surface area contributed by atoms with E-state index in [2.05, 4.69) is 93.9 Å². The standard InChI is InChI=1S/C27H28FN5O5S.C26H29FN4O5S.C25H35N3O5S.C24H32FN3O5S.CH4/c1-16(2)20-10-18(28)11-21(17-7-8-30-24(9-17)29-3)22(20)12-25(34)32-39(35,36)26-13-23(27(37-4)14-38-15-27)33(31-26)19-5-6-19;1-16(2)20-9-18(27)10-21(17-5-4-8-28-13-17)22(20)11-24(32)30-37(33,34)25-12-23(26(35-3)14-36-15-26)31(29-25)19-6-7-19;1-15(2)19-9-17(5)10-20(16(3)4)21(19)11-23(29)27-34(30,31)24-12-22(25(32-6)13-33-14-25)28(26-24)18-7-8-18;1-14(2)18-8-16(25)9-19(15(3)4)20(18)10-22(29)27-34(30,31)23-11-21(24(32-5)12-33-13-24)28(26-23)17-6-7-17;/h7-11,13,16,19H,5-6,12,14-15H2,1-2,4H3,(H,32,34);4-5,8-10,12-13,16,19H,6-7,11,14-15H2,1-3H3,(H,30,32);9-10,12,15-16,18H,7-8,11,13-14H2,1-6H3,(H,27,29);8-9,11,14-15,17H,6-7,10,12-13H2,1-5H3,(H,27,29);1H4. The molecule has 0 atom stereocenters. The van der Waals surface area contributed by atoms with Gasteiger partial charge in [-0.1, -0.05) is 121 Å². The third kappa shape index (κ3) is 23.8. The number of carbonyl (C=O) groups is 4. The van der Waals surface area contributed by atoms with Crippen LogP contribution in [0.3, 0.4) is 0 Å². The number of pyridine rings is 2. The number of aryl methyl sites for hydroxylation is 1. The highest BCUT2D eigenvalue weighted by Crippen LogP contribution is 2.48. The second-order valence-electron chi connectivity index (χ2n) is 40.0. The van der Waals surface area contributed by atoms with Crippen molar-refractivity contribution in [1.82, 2.24) is 68.0 Å². The molecule has 8 aliphatic rings. The van der Waals surface area contributed by atoms with Gasteiger partial charge >= 0.3 is 0 Å². The van der Waals surface area contributed by atoms with E-state index >= 15 is 0 Å². The van der Waals surface area contributed by atoms with Crippen LogP contribution in [0.1, 0.15) is 286 Å². The van der Waals surface area contributed by atoms with E-state index in [1.54, 1.807) is 77.8 Å². The first-order valence-electron chi connectivity index (χ1n) is 48.1. The average Bonchev–Trinajstić information content (AvgIpc) is 1.60. The van der Waals surface area contributed by atoms with E-state index in [4.69, 9.17) is 44.5 Å². The van der Waals surface area contributed by atoms with Gasteiger partial charge in [-0.15, -0.1) is 4.98 Å². The van der Waals surface area contributed by atoms with Gasteiger partial charge in [0.15, 0.2) is 42.5 Å². The topological polar surface area (TPSA) is 428 Å². The highest BCUT2D eigenvalue weighted by molar-refractivity contribution is 7.90. The van der Waals surface area contributed by atoms with E-state index in [1.165, 1.54) is 72.9 Å². The Labute approximate surface area is 844 Å². The molecule has 4 amide bonds. The van der Waals surface area contributed by atoms with E-state index in [0.717, 1.165) is 73.6 Å². The summed E-state index contributed by atoms with van der Waals surface area (Å²) >= 11 is 0. The van der Waals surface area contributed by atoms with Crippen LogP contribution in [0.15, 0.2) is 136 Å². The van der Waals surface area contributed by atoms with Crippen molar-refractivity contribution in [3.05, 3.63) is 228 Å². The molecule has 0 unspecified atom stereocenters. The number of hydrogen-bond acceptors (Lipinski definition) is 26. The summed E-state index contributed by atoms with van der Waals surface area (Å²) in [5.74, 6) is -3.87. The quantitative estimate of drug-likeness (QED) is 0.0265. The Balaban J connectivity index is 0.000000153. The zero-order chi connectivity index (χ0) is 104. The molecule has 10 heterocycles. The number of nitrogens with one attached hydrogen (secondary N) is 4. The van der Waals surface area contributed by atoms with Gasteiger partial charge in [-0.05, 0) is 221 Å². The van der Waals surface area contributed by atoms with Crippen LogP contribution in [0.2, 0.25) is 0 Å². The van der Waals surface area contributed by atoms with Gasteiger partial charge in [0.2, 0.25) is 23.6 Å². The molecule has 18 rings (SSSR count). The van der Waals surface area contributed by atoms with Crippen LogP contribution in [0.25, 0.3) is 27.1 Å². The minimum atomic E-state index is -4.32. The van der Waals surface area contributed by atoms with Gasteiger partial charge in [0.1, 0.15) is 23.6 Å². The van der Waals surface area contributed by atoms with Crippen LogP contribution in [0, 0.1) is 30.9 Å². The average molecular weight is 2080 g/mol. The highest BCUT2D eigenvalue weighted by atomic mass is 32.2. The van der Waals surface area contributed by atoms with E-state index in [1.807, 2.05) is 62.3 Å². The molecule has 6 aromatic heterocycles. The Morgan fingerprint density at radius 1 is 0.393 bits per heavy atom. The molecule has 4 aliphatic carbocycles. The summed E-state index contributed by atoms with van der Waals surface area (Å²) < 4.78 is 208. The van der Waals surface area contributed by atoms with Crippen molar-refractivity contribution in [2.45, 2.75) is 277 Å². The van der Waals surface area contributed by atoms with Crippen molar-refractivity contribution in [3.8, 4) is 22.3 Å². The summed E-state index contributed by atoms with van der Waals surface area (Å²) in [5, 5.41) is 16.5. The van der Waals surface area contributed by atoms with Gasteiger partial charge < -0.3 is 42.7 Å². The summed E-state index contributed by atoms with van der Waals surface area (Å²) in [5.41, 5.74) is 10.0. The molecule has 42 heteroatoms. The fraction of sp³-hybridized carbons (Fsp3) is 0.505. The number of amides is 4. The number of benzene rings is 4. The largest absolute Gasteiger partial charge is 0.374 e. The number of nitrogens with zero attached hydrogens (tertiary/aromatic N) is 11. The third-order valence-electron chi connectivity index (χ3n) is 27.1. The van der Waals surface area contributed by atoms with Crippen molar-refractivity contribution >= 4 is 69.5 Å². The summed E-state index contributed by atoms with van der Waals surface area (Å²) in [6.45, 7) is 35.3. The van der Waals surface area contributed by atoms with Gasteiger partial charge in [0.05, 0.1) is 125 Å². The third-order valence-corrected chi connectivity index (χ3v) is 32.1. The number of ether oxygens (including phenoxy) is 8. The van der Waals surface area contributed by atoms with Crippen molar-refractivity contribution in [1.29, 1.82) is 0 Å². The van der Waals surface area contributed by atoms with Crippen LogP contribution in [0.4, 0.5) is 19.0 Å². The van der Waals surface area contributed by atoms with Crippen LogP contribution < -0.4 is 18.9 Å². The number of aromatic nitrogens is 10. The molecule has 0 radical (unpaired) electrons. The summed E-state index contributed by atoms with van der Waals surface area (Å²) in [4.78, 5) is 63.7. The summed E-state index contributed by atoms with van der Waals surface area (Å²) in [6, 6.07) is 25.3. The Hall–Kier alpha value is -11.3. The Bertz CT molecular complexity index is 6800. The molecule has 4 saturated heterocycles. The lowest BCUT2D eigenvalue weighted by Gasteiger charge is -2.40. The smallest absolute Gasteiger partial charge is 0.283 e. The van der Waals surface area contributed by atoms with Crippen molar-refractivity contribution in [2.75, 3.05) is 81.3 Å². The molecule has 4 aromatic carbocycles. The monoisotopic (exact) mass is 2080 g/mol. The second kappa shape index (κ2) is 43.6. The zero-order valence-electron chi connectivity index (χ0n) is 83.7. The Kier molecular flexibility index (Phi) is 32.9. The summed E-state index contributed by atoms with van der Waals surface area (Å²) in [6.07, 6.45) is 11.0. The van der Waals surface area contributed by atoms with E-state index in [9.17, 15) is 66.0 Å². The lowest BCUT2D eigenvalue weighted by atomic mass is 9.85. The molecule has 35 nitrogen and oxygen atoms in total. The number of carbonyl (C=O) groups excluding carboxylic acids is 4. The minimum absolute atomic E-state index is 0. The minimum Gasteiger partial charge on any atom is -0.374 e. The van der Waals surface area contributed by atoms with Crippen LogP contribution >= 0.6 is 0 Å². The molecule has 145 heavy (non-hydrogen) atoms. The molecule has 10 aromatic rings.